The number of thiazole rings is 1. The molecule has 0 radical (unpaired) electrons. The van der Waals surface area contributed by atoms with E-state index in [4.69, 9.17) is 9.47 Å². The van der Waals surface area contributed by atoms with Gasteiger partial charge in [0.15, 0.2) is 16.6 Å². The van der Waals surface area contributed by atoms with E-state index in [1.807, 2.05) is 0 Å². The van der Waals surface area contributed by atoms with Gasteiger partial charge in [-0.3, -0.25) is 14.9 Å². The Kier molecular flexibility index (Phi) is 5.07. The van der Waals surface area contributed by atoms with E-state index in [1.54, 1.807) is 49.6 Å². The Balaban J connectivity index is 1.70. The van der Waals surface area contributed by atoms with E-state index in [0.29, 0.717) is 27.8 Å². The fourth-order valence-corrected chi connectivity index (χ4v) is 3.72. The van der Waals surface area contributed by atoms with Crippen LogP contribution in [0.15, 0.2) is 53.3 Å². The summed E-state index contributed by atoms with van der Waals surface area (Å²) >= 11 is 1.24. The molecular formula is C20H16N4O5S. The molecule has 4 rings (SSSR count). The second-order valence-corrected chi connectivity index (χ2v) is 7.14. The predicted octanol–water partition coefficient (Wildman–Crippen LogP) is 2.82. The van der Waals surface area contributed by atoms with Crippen LogP contribution in [0.4, 0.5) is 5.13 Å². The van der Waals surface area contributed by atoms with Crippen LogP contribution in [-0.2, 0) is 0 Å². The molecule has 30 heavy (non-hydrogen) atoms. The smallest absolute Gasteiger partial charge is 0.281 e. The molecule has 0 saturated carbocycles. The van der Waals surface area contributed by atoms with Gasteiger partial charge >= 0.3 is 0 Å². The zero-order valence-electron chi connectivity index (χ0n) is 15.9. The molecule has 0 unspecified atom stereocenters. The average molecular weight is 424 g/mol. The SMILES string of the molecule is COc1ccc2nc(NC(=O)c3nn(-c4ccccc4OC)c(=O)cc3O)sc2c1. The molecule has 2 N–H and O–H groups in total. The van der Waals surface area contributed by atoms with Crippen LogP contribution < -0.4 is 20.3 Å². The second-order valence-electron chi connectivity index (χ2n) is 6.11. The first-order valence-electron chi connectivity index (χ1n) is 8.73. The Morgan fingerprint density at radius 1 is 1.13 bits per heavy atom. The number of aromatic nitrogens is 3. The number of anilines is 1. The third-order valence-electron chi connectivity index (χ3n) is 4.26. The number of hydrogen-bond acceptors (Lipinski definition) is 8. The molecule has 0 aliphatic carbocycles. The molecule has 2 heterocycles. The average Bonchev–Trinajstić information content (AvgIpc) is 3.15. The Bertz CT molecular complexity index is 1310. The van der Waals surface area contributed by atoms with Gasteiger partial charge in [0, 0.05) is 6.07 Å². The number of para-hydroxylation sites is 2. The summed E-state index contributed by atoms with van der Waals surface area (Å²) in [5, 5.41) is 17.1. The van der Waals surface area contributed by atoms with Crippen molar-refractivity contribution < 1.29 is 19.4 Å². The van der Waals surface area contributed by atoms with Crippen molar-refractivity contribution in [3.63, 3.8) is 0 Å². The normalized spacial score (nSPS) is 10.7. The molecule has 2 aromatic carbocycles. The van der Waals surface area contributed by atoms with Gasteiger partial charge in [0.25, 0.3) is 11.5 Å². The third kappa shape index (κ3) is 3.55. The van der Waals surface area contributed by atoms with Crippen LogP contribution in [-0.4, -0.2) is 40.0 Å². The Labute approximate surface area is 174 Å². The summed E-state index contributed by atoms with van der Waals surface area (Å²) in [5.74, 6) is -0.176. The number of aromatic hydroxyl groups is 1. The van der Waals surface area contributed by atoms with Gasteiger partial charge < -0.3 is 14.6 Å². The quantitative estimate of drug-likeness (QED) is 0.506. The van der Waals surface area contributed by atoms with E-state index in [2.05, 4.69) is 15.4 Å². The van der Waals surface area contributed by atoms with Crippen molar-refractivity contribution in [1.82, 2.24) is 14.8 Å². The summed E-state index contributed by atoms with van der Waals surface area (Å²) in [5.41, 5.74) is 0.0939. The minimum Gasteiger partial charge on any atom is -0.505 e. The van der Waals surface area contributed by atoms with Gasteiger partial charge in [-0.15, -0.1) is 0 Å². The van der Waals surface area contributed by atoms with Crippen molar-refractivity contribution in [2.24, 2.45) is 0 Å². The fraction of sp³-hybridized carbons (Fsp3) is 0.100. The second kappa shape index (κ2) is 7.84. The van der Waals surface area contributed by atoms with Gasteiger partial charge in [0.2, 0.25) is 0 Å². The zero-order valence-corrected chi connectivity index (χ0v) is 16.8. The number of fused-ring (bicyclic) bond motifs is 1. The number of benzene rings is 2. The lowest BCUT2D eigenvalue weighted by Crippen LogP contribution is -2.25. The van der Waals surface area contributed by atoms with Crippen molar-refractivity contribution in [1.29, 1.82) is 0 Å². The van der Waals surface area contributed by atoms with Gasteiger partial charge in [-0.1, -0.05) is 23.5 Å². The largest absolute Gasteiger partial charge is 0.505 e. The number of amides is 1. The molecule has 9 nitrogen and oxygen atoms in total. The summed E-state index contributed by atoms with van der Waals surface area (Å²) in [7, 11) is 3.02. The summed E-state index contributed by atoms with van der Waals surface area (Å²) in [6.45, 7) is 0. The molecule has 1 amide bonds. The number of carbonyl (C=O) groups is 1. The summed E-state index contributed by atoms with van der Waals surface area (Å²) in [6, 6.07) is 13.0. The number of rotatable bonds is 5. The van der Waals surface area contributed by atoms with Gasteiger partial charge in [-0.2, -0.15) is 9.78 Å². The van der Waals surface area contributed by atoms with Crippen LogP contribution in [0.3, 0.4) is 0 Å². The van der Waals surface area contributed by atoms with E-state index in [-0.39, 0.29) is 5.69 Å². The lowest BCUT2D eigenvalue weighted by molar-refractivity contribution is 0.101. The molecular weight excluding hydrogens is 408 g/mol. The summed E-state index contributed by atoms with van der Waals surface area (Å²) < 4.78 is 12.3. The van der Waals surface area contributed by atoms with Crippen LogP contribution in [0, 0.1) is 0 Å². The first-order valence-corrected chi connectivity index (χ1v) is 9.54. The van der Waals surface area contributed by atoms with Crippen LogP contribution >= 0.6 is 11.3 Å². The number of ether oxygens (including phenoxy) is 2. The highest BCUT2D eigenvalue weighted by atomic mass is 32.1. The number of nitrogens with one attached hydrogen (secondary N) is 1. The minimum absolute atomic E-state index is 0.319. The number of methoxy groups -OCH3 is 2. The molecule has 152 valence electrons. The van der Waals surface area contributed by atoms with E-state index in [1.165, 1.54) is 18.4 Å². The molecule has 0 bridgehead atoms. The monoisotopic (exact) mass is 424 g/mol. The summed E-state index contributed by atoms with van der Waals surface area (Å²) in [6.07, 6.45) is 0. The highest BCUT2D eigenvalue weighted by molar-refractivity contribution is 7.22. The van der Waals surface area contributed by atoms with Gasteiger partial charge in [0.1, 0.15) is 17.2 Å². The number of nitrogens with zero attached hydrogens (tertiary/aromatic N) is 3. The van der Waals surface area contributed by atoms with E-state index in [0.717, 1.165) is 15.4 Å². The molecule has 2 aromatic heterocycles. The topological polar surface area (TPSA) is 116 Å². The van der Waals surface area contributed by atoms with Crippen LogP contribution in [0.1, 0.15) is 10.5 Å². The maximum Gasteiger partial charge on any atom is 0.281 e. The Morgan fingerprint density at radius 2 is 1.93 bits per heavy atom. The Morgan fingerprint density at radius 3 is 2.70 bits per heavy atom. The van der Waals surface area contributed by atoms with Crippen LogP contribution in [0.2, 0.25) is 0 Å². The van der Waals surface area contributed by atoms with E-state index >= 15 is 0 Å². The molecule has 10 heteroatoms. The highest BCUT2D eigenvalue weighted by Crippen LogP contribution is 2.29. The van der Waals surface area contributed by atoms with E-state index < -0.39 is 17.2 Å². The molecule has 0 aliphatic rings. The van der Waals surface area contributed by atoms with Crippen molar-refractivity contribution in [2.45, 2.75) is 0 Å². The van der Waals surface area contributed by atoms with Crippen molar-refractivity contribution in [2.75, 3.05) is 19.5 Å². The Hall–Kier alpha value is -3.92. The lowest BCUT2D eigenvalue weighted by Gasteiger charge is -2.11. The van der Waals surface area contributed by atoms with Gasteiger partial charge in [-0.25, -0.2) is 4.98 Å². The van der Waals surface area contributed by atoms with E-state index in [9.17, 15) is 14.7 Å². The first-order chi connectivity index (χ1) is 14.5. The third-order valence-corrected chi connectivity index (χ3v) is 5.19. The van der Waals surface area contributed by atoms with Gasteiger partial charge in [0.05, 0.1) is 24.4 Å². The molecule has 0 atom stereocenters. The highest BCUT2D eigenvalue weighted by Gasteiger charge is 2.19. The van der Waals surface area contributed by atoms with Crippen molar-refractivity contribution >= 4 is 32.6 Å². The standard InChI is InChI=1S/C20H16N4O5S/c1-28-11-7-8-12-16(9-11)30-20(21-12)22-19(27)18-14(25)10-17(26)24(23-18)13-5-3-4-6-15(13)29-2/h3-10,25H,1-2H3,(H,21,22,27). The van der Waals surface area contributed by atoms with Crippen molar-refractivity contribution in [3.05, 3.63) is 64.6 Å². The summed E-state index contributed by atoms with van der Waals surface area (Å²) in [4.78, 5) is 29.4. The lowest BCUT2D eigenvalue weighted by atomic mass is 10.3. The van der Waals surface area contributed by atoms with Crippen LogP contribution in [0.25, 0.3) is 15.9 Å². The minimum atomic E-state index is -0.706. The van der Waals surface area contributed by atoms with Crippen LogP contribution in [0.5, 0.6) is 17.2 Å². The number of carbonyl (C=O) groups excluding carboxylic acids is 1. The number of hydrogen-bond donors (Lipinski definition) is 2. The molecule has 0 aliphatic heterocycles. The maximum absolute atomic E-state index is 12.7. The van der Waals surface area contributed by atoms with Crippen molar-refractivity contribution in [3.8, 4) is 22.9 Å². The molecule has 0 spiro atoms. The molecule has 0 saturated heterocycles. The fourth-order valence-electron chi connectivity index (χ4n) is 2.83. The van der Waals surface area contributed by atoms with Gasteiger partial charge in [-0.05, 0) is 30.3 Å². The maximum atomic E-state index is 12.7. The molecule has 4 aromatic rings. The first kappa shape index (κ1) is 19.4. The predicted molar refractivity (Wildman–Crippen MR) is 112 cm³/mol. The zero-order chi connectivity index (χ0) is 21.3. The molecule has 0 fully saturated rings.